The number of fused-ring (bicyclic) bond motifs is 1. The third-order valence-electron chi connectivity index (χ3n) is 3.13. The predicted octanol–water partition coefficient (Wildman–Crippen LogP) is 3.69. The number of likely N-dealkylation sites (tertiary alicyclic amines) is 1. The second-order valence-corrected chi connectivity index (χ2v) is 6.62. The number of likely N-dealkylation sites (N-methyl/N-ethyl adjacent to an activating group) is 1. The maximum absolute atomic E-state index is 13.3. The van der Waals surface area contributed by atoms with Gasteiger partial charge in [-0.15, -0.1) is 0 Å². The highest BCUT2D eigenvalue weighted by atomic mass is 35.5. The summed E-state index contributed by atoms with van der Waals surface area (Å²) in [6, 6.07) is -3.02. The van der Waals surface area contributed by atoms with Gasteiger partial charge in [0.05, 0.1) is 15.5 Å². The molecule has 7 nitrogen and oxygen atoms in total. The minimum atomic E-state index is -4.27. The molecule has 142 valence electrons. The van der Waals surface area contributed by atoms with E-state index in [0.29, 0.717) is 0 Å². The van der Waals surface area contributed by atoms with Crippen molar-refractivity contribution >= 4 is 34.5 Å². The van der Waals surface area contributed by atoms with Crippen LogP contribution in [0.25, 0.3) is 11.0 Å². The summed E-state index contributed by atoms with van der Waals surface area (Å²) in [7, 11) is 0. The molecule has 0 spiro atoms. The Balaban J connectivity index is 2.60. The van der Waals surface area contributed by atoms with Crippen molar-refractivity contribution in [2.24, 2.45) is 5.89 Å². The summed E-state index contributed by atoms with van der Waals surface area (Å²) >= 11 is 5.96. The Morgan fingerprint density at radius 2 is 2.38 bits per heavy atom. The van der Waals surface area contributed by atoms with E-state index in [0.717, 1.165) is 0 Å². The van der Waals surface area contributed by atoms with E-state index in [2.05, 4.69) is 15.0 Å². The van der Waals surface area contributed by atoms with Gasteiger partial charge in [0.15, 0.2) is 0 Å². The fourth-order valence-corrected chi connectivity index (χ4v) is 2.26. The van der Waals surface area contributed by atoms with Gasteiger partial charge in [-0.05, 0) is 50.7 Å². The number of carbonyl (C=O) groups excluding carboxylic acids is 1. The lowest BCUT2D eigenvalue weighted by molar-refractivity contribution is 0.0165. The number of nitrogens with one attached hydrogen (secondary N) is 1. The van der Waals surface area contributed by atoms with Gasteiger partial charge < -0.3 is 19.5 Å². The second-order valence-electron chi connectivity index (χ2n) is 6.28. The van der Waals surface area contributed by atoms with Crippen LogP contribution < -0.4 is 4.90 Å². The number of anilines is 1. The van der Waals surface area contributed by atoms with E-state index in [9.17, 15) is 6.17 Å². The first-order valence-corrected chi connectivity index (χ1v) is 7.83. The van der Waals surface area contributed by atoms with Gasteiger partial charge in [0, 0.05) is 41.2 Å². The van der Waals surface area contributed by atoms with Gasteiger partial charge in [-0.25, -0.2) is 4.79 Å². The zero-order valence-corrected chi connectivity index (χ0v) is 14.9. The number of hydrogen-bond acceptors (Lipinski definition) is 5. The molecule has 2 unspecified atom stereocenters. The van der Waals surface area contributed by atoms with E-state index in [1.165, 1.54) is 33.0 Å². The molecule has 2 aromatic heterocycles. The zero-order chi connectivity index (χ0) is 31.3. The highest BCUT2D eigenvalue weighted by Crippen LogP contribution is 2.30. The van der Waals surface area contributed by atoms with Crippen molar-refractivity contribution in [3.63, 3.8) is 0 Å². The molecule has 0 bridgehead atoms. The number of carbonyl (C=O) groups is 1. The lowest BCUT2D eigenvalue weighted by Gasteiger charge is -2.42. The van der Waals surface area contributed by atoms with E-state index in [1.54, 1.807) is 0 Å². The molecule has 3 heterocycles. The quantitative estimate of drug-likeness (QED) is 0.787. The number of rotatable bonds is 2. The van der Waals surface area contributed by atoms with Crippen LogP contribution in [0, 0.1) is 5.89 Å². The summed E-state index contributed by atoms with van der Waals surface area (Å²) in [5, 5.41) is -0.889. The van der Waals surface area contributed by atoms with Gasteiger partial charge in [0.2, 0.25) is 5.28 Å². The Kier molecular flexibility index (Phi) is 2.12. The van der Waals surface area contributed by atoms with Crippen molar-refractivity contribution in [1.82, 2.24) is 19.9 Å². The Hall–Kier alpha value is -2.02. The molecule has 1 amide bonds. The largest absolute Gasteiger partial charge is 0.444 e. The van der Waals surface area contributed by atoms with Crippen LogP contribution in [0.3, 0.4) is 0 Å². The molecule has 0 radical (unpaired) electrons. The first-order chi connectivity index (χ1) is 17.6. The molecule has 1 aliphatic rings. The normalized spacial score (nSPS) is 41.5. The van der Waals surface area contributed by atoms with E-state index < -0.39 is 72.8 Å². The van der Waals surface area contributed by atoms with Gasteiger partial charge in [-0.1, -0.05) is 6.85 Å². The lowest BCUT2D eigenvalue weighted by atomic mass is 9.92. The topological polar surface area (TPSA) is 74.4 Å². The van der Waals surface area contributed by atoms with E-state index in [1.807, 2.05) is 0 Å². The molecule has 1 saturated heterocycles. The Morgan fingerprint density at radius 1 is 1.58 bits per heavy atom. The number of amides is 1. The SMILES string of the molecule is [2H]C([2H])([2H])N(c1nc(Cl)nc2[nH]ccc12)C1([2H])C([2H])([2H])N(C(=O)OC(C)(C)C)C([2H])([2H])C([2H])([2H])C1([2H])C([2H])([2H])[2H]. The van der Waals surface area contributed by atoms with Crippen LogP contribution in [0.4, 0.5) is 10.6 Å². The predicted molar refractivity (Wildman–Crippen MR) is 103 cm³/mol. The first-order valence-electron chi connectivity index (χ1n) is 14.4. The van der Waals surface area contributed by atoms with Gasteiger partial charge in [-0.3, -0.25) is 0 Å². The third kappa shape index (κ3) is 3.87. The molecule has 8 heteroatoms. The molecule has 1 aliphatic heterocycles. The first kappa shape index (κ1) is 7.92. The number of ether oxygens (including phenoxy) is 1. The summed E-state index contributed by atoms with van der Waals surface area (Å²) in [6.45, 7) is -12.0. The van der Waals surface area contributed by atoms with Crippen molar-refractivity contribution in [3.8, 4) is 0 Å². The Morgan fingerprint density at radius 3 is 3.08 bits per heavy atom. The minimum absolute atomic E-state index is 0.143. The van der Waals surface area contributed by atoms with Gasteiger partial charge in [0.25, 0.3) is 0 Å². The van der Waals surface area contributed by atoms with Crippen LogP contribution >= 0.6 is 11.6 Å². The number of hydrogen-bond donors (Lipinski definition) is 1. The zero-order valence-electron chi connectivity index (χ0n) is 28.1. The van der Waals surface area contributed by atoms with Crippen molar-refractivity contribution in [2.45, 2.75) is 45.6 Å². The van der Waals surface area contributed by atoms with Crippen molar-refractivity contribution < 1.29 is 28.7 Å². The molecular formula is C18H26ClN5O2. The highest BCUT2D eigenvalue weighted by Gasteiger charge is 2.34. The van der Waals surface area contributed by atoms with Crippen molar-refractivity contribution in [1.29, 1.82) is 0 Å². The number of nitrogens with zero attached hydrogens (tertiary/aromatic N) is 4. The second kappa shape index (κ2) is 6.95. The van der Waals surface area contributed by atoms with E-state index >= 15 is 0 Å². The average molecular weight is 394 g/mol. The van der Waals surface area contributed by atoms with Crippen LogP contribution in [0.2, 0.25) is 5.28 Å². The number of halogens is 1. The monoisotopic (exact) mass is 393 g/mol. The molecule has 2 aromatic rings. The van der Waals surface area contributed by atoms with Gasteiger partial charge in [0.1, 0.15) is 17.1 Å². The molecule has 1 N–H and O–H groups in total. The molecular weight excluding hydrogens is 354 g/mol. The molecule has 3 rings (SSSR count). The van der Waals surface area contributed by atoms with Crippen LogP contribution in [0.1, 0.15) is 53.2 Å². The maximum Gasteiger partial charge on any atom is 0.410 e. The Labute approximate surface area is 178 Å². The number of aromatic nitrogens is 3. The molecule has 1 fully saturated rings. The molecule has 0 aliphatic carbocycles. The molecule has 0 saturated carbocycles. The van der Waals surface area contributed by atoms with E-state index in [-0.39, 0.29) is 15.9 Å². The minimum Gasteiger partial charge on any atom is -0.444 e. The van der Waals surface area contributed by atoms with E-state index in [4.69, 9.17) is 34.2 Å². The van der Waals surface area contributed by atoms with Crippen LogP contribution in [0.5, 0.6) is 0 Å². The maximum atomic E-state index is 13.3. The van der Waals surface area contributed by atoms with Crippen molar-refractivity contribution in [3.05, 3.63) is 17.5 Å². The summed E-state index contributed by atoms with van der Waals surface area (Å²) < 4.78 is 124. The van der Waals surface area contributed by atoms with Gasteiger partial charge >= 0.3 is 6.09 Å². The summed E-state index contributed by atoms with van der Waals surface area (Å²) in [5.74, 6) is -5.18. The number of aromatic amines is 1. The van der Waals surface area contributed by atoms with Crippen LogP contribution in [-0.4, -0.2) is 57.5 Å². The molecule has 2 atom stereocenters. The summed E-state index contributed by atoms with van der Waals surface area (Å²) in [6.07, 6.45) is -4.80. The summed E-state index contributed by atoms with van der Waals surface area (Å²) in [4.78, 5) is 22.8. The lowest BCUT2D eigenvalue weighted by Crippen LogP contribution is -2.53. The molecule has 0 aromatic carbocycles. The molecule has 26 heavy (non-hydrogen) atoms. The highest BCUT2D eigenvalue weighted by molar-refractivity contribution is 6.28. The number of H-pyrrole nitrogens is 1. The van der Waals surface area contributed by atoms with Gasteiger partial charge in [-0.2, -0.15) is 9.97 Å². The third-order valence-corrected chi connectivity index (χ3v) is 3.30. The smallest absolute Gasteiger partial charge is 0.410 e. The Bertz CT molecular complexity index is 1320. The standard InChI is InChI=1S/C18H26ClN5O2/c1-11-7-9-24(17(25)26-18(2,3)4)10-13(11)23(5)15-12-6-8-20-14(12)21-16(19)22-15/h6,8,11,13H,7,9-10H2,1-5H3,(H,20,21,22)/i1D3,5D3,7D2,9D2,10D2,11D,13D. The summed E-state index contributed by atoms with van der Waals surface area (Å²) in [5.41, 5.74) is -1.57. The van der Waals surface area contributed by atoms with Crippen molar-refractivity contribution in [2.75, 3.05) is 24.9 Å². The van der Waals surface area contributed by atoms with Crippen LogP contribution in [0.15, 0.2) is 12.3 Å². The number of piperidine rings is 1. The average Bonchev–Trinajstić information content (AvgIpc) is 3.16. The fraction of sp³-hybridized carbons (Fsp3) is 0.611. The fourth-order valence-electron chi connectivity index (χ4n) is 2.10. The van der Waals surface area contributed by atoms with Crippen LogP contribution in [-0.2, 0) is 4.74 Å².